The summed E-state index contributed by atoms with van der Waals surface area (Å²) in [5, 5.41) is 27.5. The average molecular weight is 668 g/mol. The number of benzene rings is 3. The molecule has 0 aliphatic carbocycles. The second-order valence-electron chi connectivity index (χ2n) is 12.1. The Balaban J connectivity index is 1.16. The molecule has 49 heavy (non-hydrogen) atoms. The van der Waals surface area contributed by atoms with Crippen LogP contribution in [0.25, 0.3) is 21.9 Å². The van der Waals surface area contributed by atoms with E-state index in [1.54, 1.807) is 4.57 Å². The first-order valence-corrected chi connectivity index (χ1v) is 16.2. The Morgan fingerprint density at radius 3 is 2.63 bits per heavy atom. The normalized spacial score (nSPS) is 21.7. The Morgan fingerprint density at radius 1 is 1.00 bits per heavy atom. The number of aromatic nitrogens is 4. The molecule has 254 valence electrons. The maximum absolute atomic E-state index is 12.8. The smallest absolute Gasteiger partial charge is 0.320 e. The van der Waals surface area contributed by atoms with Gasteiger partial charge < -0.3 is 29.7 Å². The number of carbonyl (C=O) groups is 2. The van der Waals surface area contributed by atoms with Crippen molar-refractivity contribution in [3.63, 3.8) is 0 Å². The number of nitrogens with one attached hydrogen (secondary N) is 2. The van der Waals surface area contributed by atoms with Gasteiger partial charge in [0.2, 0.25) is 0 Å². The minimum absolute atomic E-state index is 0.194. The number of hydrogen-bond acceptors (Lipinski definition) is 10. The van der Waals surface area contributed by atoms with Gasteiger partial charge in [-0.15, -0.1) is 0 Å². The Labute approximate surface area is 281 Å². The van der Waals surface area contributed by atoms with Gasteiger partial charge in [-0.25, -0.2) is 19.7 Å². The van der Waals surface area contributed by atoms with E-state index in [0.29, 0.717) is 43.6 Å². The Kier molecular flexibility index (Phi) is 9.72. The van der Waals surface area contributed by atoms with Crippen LogP contribution in [0, 0.1) is 0 Å². The number of hydrogen-bond donors (Lipinski definition) is 4. The van der Waals surface area contributed by atoms with Gasteiger partial charge in [0, 0.05) is 18.7 Å². The summed E-state index contributed by atoms with van der Waals surface area (Å²) < 4.78 is 20.7. The van der Waals surface area contributed by atoms with Gasteiger partial charge >= 0.3 is 12.0 Å². The van der Waals surface area contributed by atoms with Gasteiger partial charge in [0.1, 0.15) is 25.3 Å². The summed E-state index contributed by atoms with van der Waals surface area (Å²) in [6.07, 6.45) is 1.64. The summed E-state index contributed by atoms with van der Waals surface area (Å²) in [6, 6.07) is 22.5. The average Bonchev–Trinajstić information content (AvgIpc) is 3.88. The van der Waals surface area contributed by atoms with Crippen molar-refractivity contribution in [2.45, 2.75) is 56.6 Å². The third-order valence-corrected chi connectivity index (χ3v) is 9.03. The lowest BCUT2D eigenvalue weighted by Crippen LogP contribution is -2.40. The molecule has 14 nitrogen and oxygen atoms in total. The largest absolute Gasteiger partial charge is 0.480 e. The number of anilines is 1. The molecule has 2 aliphatic rings. The van der Waals surface area contributed by atoms with Gasteiger partial charge in [0.05, 0.1) is 12.4 Å². The molecule has 0 saturated carbocycles. The van der Waals surface area contributed by atoms with Crippen LogP contribution >= 0.6 is 0 Å². The van der Waals surface area contributed by atoms with Gasteiger partial charge in [0.15, 0.2) is 29.5 Å². The second-order valence-corrected chi connectivity index (χ2v) is 12.1. The van der Waals surface area contributed by atoms with Crippen molar-refractivity contribution in [2.75, 3.05) is 25.2 Å². The molecule has 7 rings (SSSR count). The highest BCUT2D eigenvalue weighted by Gasteiger charge is 2.44. The van der Waals surface area contributed by atoms with Gasteiger partial charge in [-0.05, 0) is 48.2 Å². The number of fused-ring (bicyclic) bond motifs is 2. The van der Waals surface area contributed by atoms with E-state index in [2.05, 4.69) is 25.6 Å². The Morgan fingerprint density at radius 2 is 1.82 bits per heavy atom. The first-order chi connectivity index (χ1) is 24.0. The highest BCUT2D eigenvalue weighted by molar-refractivity contribution is 5.95. The summed E-state index contributed by atoms with van der Waals surface area (Å²) in [5.74, 6) is -0.643. The number of ether oxygens (including phenoxy) is 3. The van der Waals surface area contributed by atoms with Crippen molar-refractivity contribution in [3.8, 4) is 0 Å². The fourth-order valence-corrected chi connectivity index (χ4v) is 6.63. The van der Waals surface area contributed by atoms with E-state index in [9.17, 15) is 19.8 Å². The highest BCUT2D eigenvalue weighted by Crippen LogP contribution is 2.40. The number of aliphatic carboxylic acids is 1. The number of amides is 2. The third-order valence-electron chi connectivity index (χ3n) is 9.03. The molecule has 0 radical (unpaired) electrons. The highest BCUT2D eigenvalue weighted by atomic mass is 16.7. The number of carbonyl (C=O) groups excluding carboxylic acids is 1. The molecule has 0 bridgehead atoms. The van der Waals surface area contributed by atoms with Gasteiger partial charge in [-0.3, -0.25) is 19.6 Å². The SMILES string of the molecule is O=C(NCc1ccccc1)Nc1ncnc2c1ncn2C(OCO)C1OC(c2ccc3ccccc3c2)OC1CCN1CCCC1C(=O)O. The van der Waals surface area contributed by atoms with Crippen LogP contribution in [0.15, 0.2) is 85.5 Å². The van der Waals surface area contributed by atoms with Crippen LogP contribution in [0.1, 0.15) is 42.9 Å². The number of aliphatic hydroxyl groups excluding tert-OH is 1. The fourth-order valence-electron chi connectivity index (χ4n) is 6.63. The van der Waals surface area contributed by atoms with E-state index in [1.165, 1.54) is 12.7 Å². The Hall–Kier alpha value is -4.99. The number of aliphatic hydroxyl groups is 1. The van der Waals surface area contributed by atoms with Crippen LogP contribution < -0.4 is 10.6 Å². The number of rotatable bonds is 12. The van der Waals surface area contributed by atoms with Crippen molar-refractivity contribution in [1.82, 2.24) is 29.7 Å². The molecule has 3 aromatic carbocycles. The second kappa shape index (κ2) is 14.6. The topological polar surface area (TPSA) is 173 Å². The lowest BCUT2D eigenvalue weighted by Gasteiger charge is -2.28. The molecule has 5 atom stereocenters. The predicted octanol–water partition coefficient (Wildman–Crippen LogP) is 4.19. The van der Waals surface area contributed by atoms with Crippen LogP contribution in [0.4, 0.5) is 10.6 Å². The first-order valence-electron chi connectivity index (χ1n) is 16.2. The summed E-state index contributed by atoms with van der Waals surface area (Å²) in [4.78, 5) is 39.8. The van der Waals surface area contributed by atoms with Crippen LogP contribution in [0.3, 0.4) is 0 Å². The van der Waals surface area contributed by atoms with Crippen LogP contribution in [0.2, 0.25) is 0 Å². The van der Waals surface area contributed by atoms with E-state index in [4.69, 9.17) is 14.2 Å². The summed E-state index contributed by atoms with van der Waals surface area (Å²) in [5.41, 5.74) is 2.40. The molecule has 2 amide bonds. The number of imidazole rings is 1. The molecule has 2 aromatic heterocycles. The maximum atomic E-state index is 12.8. The van der Waals surface area contributed by atoms with Gasteiger partial charge in [0.25, 0.3) is 0 Å². The molecular formula is C35H37N7O7. The Bertz CT molecular complexity index is 1920. The minimum atomic E-state index is -0.950. The van der Waals surface area contributed by atoms with E-state index in [1.807, 2.05) is 77.7 Å². The summed E-state index contributed by atoms with van der Waals surface area (Å²) in [7, 11) is 0. The molecule has 4 N–H and O–H groups in total. The van der Waals surface area contributed by atoms with Crippen molar-refractivity contribution in [1.29, 1.82) is 0 Å². The molecule has 4 heterocycles. The minimum Gasteiger partial charge on any atom is -0.480 e. The van der Waals surface area contributed by atoms with Crippen LogP contribution in [-0.2, 0) is 25.5 Å². The number of carboxylic acid groups (broad SMARTS) is 1. The standard InChI is InChI=1S/C35H37N7O7/c43-21-47-32(42-20-39-28-30(37-19-38-31(28)42)40-35(46)36-18-22-7-2-1-3-8-22)29-27(14-16-41-15-6-11-26(41)33(44)45)48-34(49-29)25-13-12-23-9-4-5-10-24(23)17-25/h1-5,7-10,12-13,17,19-20,26-27,29,32,34,43H,6,11,14-16,18,21H2,(H,44,45)(H2,36,37,38,40,46). The fraction of sp³-hybridized carbons (Fsp3) is 0.343. The van der Waals surface area contributed by atoms with Crippen molar-refractivity contribution in [3.05, 3.63) is 96.6 Å². The zero-order chi connectivity index (χ0) is 33.7. The number of likely N-dealkylation sites (tertiary alicyclic amines) is 1. The number of carboxylic acids is 1. The van der Waals surface area contributed by atoms with E-state index in [-0.39, 0.29) is 5.82 Å². The number of urea groups is 1. The lowest BCUT2D eigenvalue weighted by atomic mass is 10.1. The monoisotopic (exact) mass is 667 g/mol. The molecule has 5 aromatic rings. The van der Waals surface area contributed by atoms with E-state index in [0.717, 1.165) is 28.3 Å². The molecule has 0 spiro atoms. The molecule has 2 fully saturated rings. The molecule has 2 aliphatic heterocycles. The molecular weight excluding hydrogens is 630 g/mol. The summed E-state index contributed by atoms with van der Waals surface area (Å²) in [6.45, 7) is 0.836. The van der Waals surface area contributed by atoms with Gasteiger partial charge in [-0.2, -0.15) is 0 Å². The van der Waals surface area contributed by atoms with Crippen LogP contribution in [0.5, 0.6) is 0 Å². The number of nitrogens with zero attached hydrogens (tertiary/aromatic N) is 5. The van der Waals surface area contributed by atoms with Crippen molar-refractivity contribution >= 4 is 39.8 Å². The third kappa shape index (κ3) is 7.09. The molecule has 2 saturated heterocycles. The van der Waals surface area contributed by atoms with Crippen molar-refractivity contribution < 1.29 is 34.0 Å². The van der Waals surface area contributed by atoms with Crippen LogP contribution in [-0.4, -0.2) is 84.8 Å². The molecule has 5 unspecified atom stereocenters. The first kappa shape index (κ1) is 32.6. The predicted molar refractivity (Wildman–Crippen MR) is 178 cm³/mol. The van der Waals surface area contributed by atoms with Crippen molar-refractivity contribution in [2.24, 2.45) is 0 Å². The van der Waals surface area contributed by atoms with E-state index < -0.39 is 49.6 Å². The quantitative estimate of drug-likeness (QED) is 0.141. The lowest BCUT2D eigenvalue weighted by molar-refractivity contribution is -0.152. The summed E-state index contributed by atoms with van der Waals surface area (Å²) >= 11 is 0. The van der Waals surface area contributed by atoms with E-state index >= 15 is 0 Å². The van der Waals surface area contributed by atoms with Gasteiger partial charge in [-0.1, -0.05) is 66.7 Å². The zero-order valence-electron chi connectivity index (χ0n) is 26.6. The molecule has 14 heteroatoms. The zero-order valence-corrected chi connectivity index (χ0v) is 26.6. The maximum Gasteiger partial charge on any atom is 0.320 e.